The molecule has 0 bridgehead atoms. The van der Waals surface area contributed by atoms with Crippen LogP contribution in [0.1, 0.15) is 12.1 Å². The first-order chi connectivity index (χ1) is 12.4. The van der Waals surface area contributed by atoms with Gasteiger partial charge in [-0.3, -0.25) is 9.97 Å². The Labute approximate surface area is 147 Å². The normalized spacial score (nSPS) is 20.5. The highest BCUT2D eigenvalue weighted by Gasteiger charge is 2.27. The van der Waals surface area contributed by atoms with E-state index in [2.05, 4.69) is 21.4 Å². The van der Waals surface area contributed by atoms with Crippen LogP contribution in [0.3, 0.4) is 0 Å². The Morgan fingerprint density at radius 2 is 1.96 bits per heavy atom. The van der Waals surface area contributed by atoms with Crippen molar-refractivity contribution in [2.75, 3.05) is 18.5 Å². The van der Waals surface area contributed by atoms with E-state index < -0.39 is 0 Å². The summed E-state index contributed by atoms with van der Waals surface area (Å²) < 4.78 is 11.7. The second-order valence-corrected chi connectivity index (χ2v) is 6.16. The Bertz CT molecular complexity index is 820. The van der Waals surface area contributed by atoms with E-state index in [9.17, 15) is 0 Å². The molecule has 3 heterocycles. The van der Waals surface area contributed by atoms with Crippen LogP contribution in [0.15, 0.2) is 60.9 Å². The topological polar surface area (TPSA) is 56.3 Å². The Morgan fingerprint density at radius 3 is 2.88 bits per heavy atom. The zero-order chi connectivity index (χ0) is 16.9. The van der Waals surface area contributed by atoms with Gasteiger partial charge in [-0.15, -0.1) is 0 Å². The van der Waals surface area contributed by atoms with Crippen molar-refractivity contribution in [1.29, 1.82) is 0 Å². The van der Waals surface area contributed by atoms with E-state index in [0.29, 0.717) is 13.2 Å². The molecule has 0 spiro atoms. The average molecular weight is 335 g/mol. The van der Waals surface area contributed by atoms with Gasteiger partial charge in [0.15, 0.2) is 0 Å². The summed E-state index contributed by atoms with van der Waals surface area (Å²) in [5.41, 5.74) is 3.01. The Hall–Kier alpha value is -2.50. The molecule has 1 saturated heterocycles. The summed E-state index contributed by atoms with van der Waals surface area (Å²) in [5.74, 6) is 0. The monoisotopic (exact) mass is 335 g/mol. The lowest BCUT2D eigenvalue weighted by Gasteiger charge is -2.33. The molecule has 0 amide bonds. The predicted molar refractivity (Wildman–Crippen MR) is 97.4 cm³/mol. The molecule has 1 aliphatic rings. The number of hydrogen-bond donors (Lipinski definition) is 1. The maximum absolute atomic E-state index is 6.10. The Morgan fingerprint density at radius 1 is 1.04 bits per heavy atom. The lowest BCUT2D eigenvalue weighted by Crippen LogP contribution is -2.43. The molecule has 128 valence electrons. The van der Waals surface area contributed by atoms with E-state index in [4.69, 9.17) is 9.47 Å². The molecule has 1 aromatic carbocycles. The minimum absolute atomic E-state index is 0.0114. The number of aromatic nitrogens is 2. The molecular weight excluding hydrogens is 314 g/mol. The van der Waals surface area contributed by atoms with Crippen LogP contribution in [0.4, 0.5) is 5.69 Å². The van der Waals surface area contributed by atoms with Gasteiger partial charge in [0.05, 0.1) is 30.5 Å². The fourth-order valence-electron chi connectivity index (χ4n) is 3.14. The summed E-state index contributed by atoms with van der Waals surface area (Å²) in [4.78, 5) is 8.74. The molecule has 0 saturated carbocycles. The van der Waals surface area contributed by atoms with E-state index >= 15 is 0 Å². The van der Waals surface area contributed by atoms with Crippen molar-refractivity contribution in [3.63, 3.8) is 0 Å². The van der Waals surface area contributed by atoms with Crippen molar-refractivity contribution in [2.45, 2.75) is 25.2 Å². The van der Waals surface area contributed by atoms with Gasteiger partial charge in [0.25, 0.3) is 0 Å². The largest absolute Gasteiger partial charge is 0.379 e. The van der Waals surface area contributed by atoms with Crippen LogP contribution >= 0.6 is 0 Å². The first kappa shape index (κ1) is 16.0. The molecule has 2 atom stereocenters. The van der Waals surface area contributed by atoms with Crippen LogP contribution in [0.25, 0.3) is 10.9 Å². The fourth-order valence-corrected chi connectivity index (χ4v) is 3.14. The summed E-state index contributed by atoms with van der Waals surface area (Å²) in [6, 6.07) is 16.2. The fraction of sp³-hybridized carbons (Fsp3) is 0.300. The second-order valence-electron chi connectivity index (χ2n) is 6.16. The van der Waals surface area contributed by atoms with Crippen molar-refractivity contribution in [2.24, 2.45) is 0 Å². The molecule has 25 heavy (non-hydrogen) atoms. The smallest absolute Gasteiger partial charge is 0.101 e. The number of anilines is 1. The highest BCUT2D eigenvalue weighted by molar-refractivity contribution is 5.90. The van der Waals surface area contributed by atoms with Gasteiger partial charge in [-0.1, -0.05) is 24.3 Å². The first-order valence-corrected chi connectivity index (χ1v) is 8.60. The van der Waals surface area contributed by atoms with Gasteiger partial charge in [-0.25, -0.2) is 0 Å². The predicted octanol–water partition coefficient (Wildman–Crippen LogP) is 3.42. The van der Waals surface area contributed by atoms with Gasteiger partial charge in [-0.05, 0) is 30.7 Å². The number of nitrogens with one attached hydrogen (secondary N) is 1. The molecule has 0 unspecified atom stereocenters. The standard InChI is InChI=1S/C20H21N3O2/c1-2-7-17-16(6-1)18(8-11-22-17)23-19-9-12-24-14-20(19)25-13-15-5-3-4-10-21-15/h1-8,10-11,19-20H,9,12-14H2,(H,22,23)/t19-,20-/m1/s1. The lowest BCUT2D eigenvalue weighted by atomic mass is 10.0. The molecule has 0 aliphatic carbocycles. The summed E-state index contributed by atoms with van der Waals surface area (Å²) in [5, 5.41) is 4.77. The molecule has 4 rings (SSSR count). The summed E-state index contributed by atoms with van der Waals surface area (Å²) in [6.07, 6.45) is 4.52. The molecule has 2 aromatic heterocycles. The molecule has 1 N–H and O–H groups in total. The van der Waals surface area contributed by atoms with Gasteiger partial charge in [-0.2, -0.15) is 0 Å². The van der Waals surface area contributed by atoms with Gasteiger partial charge in [0, 0.05) is 30.1 Å². The molecule has 0 radical (unpaired) electrons. The van der Waals surface area contributed by atoms with Crippen molar-refractivity contribution < 1.29 is 9.47 Å². The number of rotatable bonds is 5. The third-order valence-electron chi connectivity index (χ3n) is 4.47. The van der Waals surface area contributed by atoms with Crippen molar-refractivity contribution >= 4 is 16.6 Å². The maximum atomic E-state index is 6.10. The number of hydrogen-bond acceptors (Lipinski definition) is 5. The molecular formula is C20H21N3O2. The van der Waals surface area contributed by atoms with Gasteiger partial charge in [0.1, 0.15) is 6.10 Å². The van der Waals surface area contributed by atoms with Gasteiger partial charge in [0.2, 0.25) is 0 Å². The average Bonchev–Trinajstić information content (AvgIpc) is 2.68. The molecule has 5 nitrogen and oxygen atoms in total. The van der Waals surface area contributed by atoms with Crippen LogP contribution in [-0.2, 0) is 16.1 Å². The Kier molecular flexibility index (Phi) is 4.86. The minimum Gasteiger partial charge on any atom is -0.379 e. The van der Waals surface area contributed by atoms with E-state index in [-0.39, 0.29) is 12.1 Å². The SMILES string of the molecule is c1ccc(CO[C@@H]2COCC[C@H]2Nc2ccnc3ccccc23)nc1. The third kappa shape index (κ3) is 3.78. The third-order valence-corrected chi connectivity index (χ3v) is 4.47. The number of ether oxygens (including phenoxy) is 2. The van der Waals surface area contributed by atoms with Crippen molar-refractivity contribution in [3.05, 3.63) is 66.6 Å². The summed E-state index contributed by atoms with van der Waals surface area (Å²) >= 11 is 0. The Balaban J connectivity index is 1.49. The van der Waals surface area contributed by atoms with Crippen LogP contribution in [0.2, 0.25) is 0 Å². The van der Waals surface area contributed by atoms with E-state index in [1.807, 2.05) is 48.7 Å². The quantitative estimate of drug-likeness (QED) is 0.774. The van der Waals surface area contributed by atoms with E-state index in [1.54, 1.807) is 6.20 Å². The van der Waals surface area contributed by atoms with Gasteiger partial charge >= 0.3 is 0 Å². The molecule has 3 aromatic rings. The number of benzene rings is 1. The molecule has 5 heteroatoms. The van der Waals surface area contributed by atoms with E-state index in [0.717, 1.165) is 35.3 Å². The highest BCUT2D eigenvalue weighted by atomic mass is 16.5. The minimum atomic E-state index is -0.0114. The van der Waals surface area contributed by atoms with Crippen molar-refractivity contribution in [3.8, 4) is 0 Å². The summed E-state index contributed by atoms with van der Waals surface area (Å²) in [7, 11) is 0. The molecule has 1 fully saturated rings. The van der Waals surface area contributed by atoms with Crippen LogP contribution < -0.4 is 5.32 Å². The number of pyridine rings is 2. The van der Waals surface area contributed by atoms with Crippen molar-refractivity contribution in [1.82, 2.24) is 9.97 Å². The first-order valence-electron chi connectivity index (χ1n) is 8.60. The highest BCUT2D eigenvalue weighted by Crippen LogP contribution is 2.25. The van der Waals surface area contributed by atoms with Gasteiger partial charge < -0.3 is 14.8 Å². The number of para-hydroxylation sites is 1. The zero-order valence-corrected chi connectivity index (χ0v) is 14.0. The van der Waals surface area contributed by atoms with E-state index in [1.165, 1.54) is 0 Å². The maximum Gasteiger partial charge on any atom is 0.101 e. The second kappa shape index (κ2) is 7.59. The van der Waals surface area contributed by atoms with Crippen LogP contribution in [0.5, 0.6) is 0 Å². The summed E-state index contributed by atoms with van der Waals surface area (Å²) in [6.45, 7) is 1.82. The number of nitrogens with zero attached hydrogens (tertiary/aromatic N) is 2. The number of fused-ring (bicyclic) bond motifs is 1. The van der Waals surface area contributed by atoms with Crippen LogP contribution in [0, 0.1) is 0 Å². The zero-order valence-electron chi connectivity index (χ0n) is 14.0. The molecule has 1 aliphatic heterocycles. The lowest BCUT2D eigenvalue weighted by molar-refractivity contribution is -0.0644. The van der Waals surface area contributed by atoms with Crippen LogP contribution in [-0.4, -0.2) is 35.3 Å².